The highest BCUT2D eigenvalue weighted by atomic mass is 35.5. The molecular formula is C21H16ClF3N2O2. The lowest BCUT2D eigenvalue weighted by atomic mass is 10.0. The number of halogens is 4. The molecule has 8 heteroatoms. The van der Waals surface area contributed by atoms with Crippen LogP contribution in [-0.4, -0.2) is 15.6 Å². The van der Waals surface area contributed by atoms with Gasteiger partial charge in [0.15, 0.2) is 5.78 Å². The highest BCUT2D eigenvalue weighted by Crippen LogP contribution is 2.29. The molecule has 3 aromatic rings. The largest absolute Gasteiger partial charge is 0.416 e. The summed E-state index contributed by atoms with van der Waals surface area (Å²) in [6.45, 7) is 1.52. The number of carbonyl (C=O) groups excluding carboxylic acids is 1. The van der Waals surface area contributed by atoms with Crippen LogP contribution in [0, 0.1) is 0 Å². The van der Waals surface area contributed by atoms with Gasteiger partial charge in [-0.15, -0.1) is 0 Å². The molecule has 1 unspecified atom stereocenters. The first-order chi connectivity index (χ1) is 13.7. The molecule has 0 aliphatic carbocycles. The number of ketones is 1. The van der Waals surface area contributed by atoms with Crippen molar-refractivity contribution in [1.29, 1.82) is 0 Å². The van der Waals surface area contributed by atoms with Gasteiger partial charge in [-0.25, -0.2) is 4.68 Å². The Labute approximate surface area is 169 Å². The second kappa shape index (κ2) is 8.21. The van der Waals surface area contributed by atoms with E-state index in [2.05, 4.69) is 5.10 Å². The minimum absolute atomic E-state index is 0.121. The molecule has 1 aromatic heterocycles. The molecule has 4 nitrogen and oxygen atoms in total. The first-order valence-corrected chi connectivity index (χ1v) is 9.08. The van der Waals surface area contributed by atoms with E-state index < -0.39 is 23.3 Å². The van der Waals surface area contributed by atoms with Crippen LogP contribution in [0.4, 0.5) is 13.2 Å². The number of rotatable bonds is 5. The summed E-state index contributed by atoms with van der Waals surface area (Å²) in [5.41, 5.74) is 0.223. The van der Waals surface area contributed by atoms with E-state index in [-0.39, 0.29) is 12.2 Å². The minimum Gasteiger partial charge on any atom is -0.297 e. The molecule has 0 radical (unpaired) electrons. The van der Waals surface area contributed by atoms with Gasteiger partial charge in [-0.3, -0.25) is 9.59 Å². The van der Waals surface area contributed by atoms with E-state index in [1.807, 2.05) is 0 Å². The maximum Gasteiger partial charge on any atom is 0.416 e. The first kappa shape index (κ1) is 20.8. The molecule has 0 amide bonds. The number of hydrogen-bond acceptors (Lipinski definition) is 3. The fourth-order valence-corrected chi connectivity index (χ4v) is 3.04. The van der Waals surface area contributed by atoms with Crippen molar-refractivity contribution >= 4 is 17.4 Å². The molecule has 1 atom stereocenters. The van der Waals surface area contributed by atoms with Crippen molar-refractivity contribution in [3.8, 4) is 11.3 Å². The lowest BCUT2D eigenvalue weighted by Crippen LogP contribution is -2.30. The molecule has 0 N–H and O–H groups in total. The van der Waals surface area contributed by atoms with Crippen LogP contribution in [0.3, 0.4) is 0 Å². The van der Waals surface area contributed by atoms with Gasteiger partial charge in [-0.1, -0.05) is 41.9 Å². The minimum atomic E-state index is -4.44. The van der Waals surface area contributed by atoms with E-state index in [1.165, 1.54) is 31.2 Å². The Kier molecular flexibility index (Phi) is 5.88. The number of hydrogen-bond donors (Lipinski definition) is 0. The Morgan fingerprint density at radius 1 is 1.07 bits per heavy atom. The Morgan fingerprint density at radius 2 is 1.72 bits per heavy atom. The van der Waals surface area contributed by atoms with Crippen molar-refractivity contribution in [3.63, 3.8) is 0 Å². The second-order valence-electron chi connectivity index (χ2n) is 6.49. The summed E-state index contributed by atoms with van der Waals surface area (Å²) in [7, 11) is 0. The normalized spacial score (nSPS) is 12.6. The lowest BCUT2D eigenvalue weighted by molar-refractivity contribution is -0.137. The third-order valence-corrected chi connectivity index (χ3v) is 4.80. The smallest absolute Gasteiger partial charge is 0.297 e. The van der Waals surface area contributed by atoms with E-state index in [0.717, 1.165) is 16.8 Å². The molecule has 0 spiro atoms. The van der Waals surface area contributed by atoms with Gasteiger partial charge in [0.25, 0.3) is 5.56 Å². The zero-order valence-electron chi connectivity index (χ0n) is 15.3. The number of alkyl halides is 3. The summed E-state index contributed by atoms with van der Waals surface area (Å²) < 4.78 is 39.0. The highest BCUT2D eigenvalue weighted by molar-refractivity contribution is 6.33. The van der Waals surface area contributed by atoms with Crippen LogP contribution < -0.4 is 5.56 Å². The highest BCUT2D eigenvalue weighted by Gasteiger charge is 2.30. The van der Waals surface area contributed by atoms with Gasteiger partial charge in [0, 0.05) is 18.1 Å². The Morgan fingerprint density at radius 3 is 2.34 bits per heavy atom. The number of nitrogens with zero attached hydrogens (tertiary/aromatic N) is 2. The number of Topliss-reactive ketones (excluding diaryl/α,β-unsaturated/α-hetero) is 1. The standard InChI is InChI=1S/C21H16ClF3N2O2/c1-13(19(28)12-14-6-8-15(9-7-14)21(23,24)25)27-20(29)11-10-18(26-27)16-4-2-3-5-17(16)22/h2-11,13H,12H2,1H3. The van der Waals surface area contributed by atoms with Crippen LogP contribution in [0.2, 0.25) is 5.02 Å². The molecule has 29 heavy (non-hydrogen) atoms. The number of carbonyl (C=O) groups is 1. The fourth-order valence-electron chi connectivity index (χ4n) is 2.81. The zero-order chi connectivity index (χ0) is 21.2. The molecular weight excluding hydrogens is 405 g/mol. The van der Waals surface area contributed by atoms with E-state index >= 15 is 0 Å². The summed E-state index contributed by atoms with van der Waals surface area (Å²) in [5.74, 6) is -0.351. The lowest BCUT2D eigenvalue weighted by Gasteiger charge is -2.15. The molecule has 0 aliphatic heterocycles. The van der Waals surface area contributed by atoms with Crippen LogP contribution in [0.25, 0.3) is 11.3 Å². The Balaban J connectivity index is 1.83. The summed E-state index contributed by atoms with van der Waals surface area (Å²) in [5, 5.41) is 4.72. The molecule has 0 aliphatic rings. The predicted molar refractivity (Wildman–Crippen MR) is 104 cm³/mol. The van der Waals surface area contributed by atoms with E-state index in [9.17, 15) is 22.8 Å². The average Bonchev–Trinajstić information content (AvgIpc) is 2.68. The van der Waals surface area contributed by atoms with Gasteiger partial charge < -0.3 is 0 Å². The van der Waals surface area contributed by atoms with Crippen molar-refractivity contribution in [2.24, 2.45) is 0 Å². The molecule has 1 heterocycles. The van der Waals surface area contributed by atoms with Crippen molar-refractivity contribution in [3.05, 3.63) is 87.2 Å². The van der Waals surface area contributed by atoms with Gasteiger partial charge >= 0.3 is 6.18 Å². The third-order valence-electron chi connectivity index (χ3n) is 4.47. The van der Waals surface area contributed by atoms with E-state index in [4.69, 9.17) is 11.6 Å². The van der Waals surface area contributed by atoms with E-state index in [0.29, 0.717) is 21.8 Å². The van der Waals surface area contributed by atoms with Gasteiger partial charge in [-0.05, 0) is 36.8 Å². The quantitative estimate of drug-likeness (QED) is 0.586. The molecule has 2 aromatic carbocycles. The summed E-state index contributed by atoms with van der Waals surface area (Å²) in [6.07, 6.45) is -4.56. The maximum atomic E-state index is 12.7. The fraction of sp³-hybridized carbons (Fsp3) is 0.190. The molecule has 0 bridgehead atoms. The van der Waals surface area contributed by atoms with Gasteiger partial charge in [-0.2, -0.15) is 18.3 Å². The average molecular weight is 421 g/mol. The summed E-state index contributed by atoms with van der Waals surface area (Å²) >= 11 is 6.17. The van der Waals surface area contributed by atoms with Crippen molar-refractivity contribution in [2.45, 2.75) is 25.6 Å². The van der Waals surface area contributed by atoms with Gasteiger partial charge in [0.05, 0.1) is 16.3 Å². The van der Waals surface area contributed by atoms with Crippen LogP contribution in [0.15, 0.2) is 65.5 Å². The van der Waals surface area contributed by atoms with Crippen molar-refractivity contribution < 1.29 is 18.0 Å². The van der Waals surface area contributed by atoms with Gasteiger partial charge in [0.2, 0.25) is 0 Å². The Bertz CT molecular complexity index is 1090. The molecule has 3 rings (SSSR count). The van der Waals surface area contributed by atoms with E-state index in [1.54, 1.807) is 24.3 Å². The monoisotopic (exact) mass is 420 g/mol. The van der Waals surface area contributed by atoms with Crippen LogP contribution >= 0.6 is 11.6 Å². The molecule has 0 saturated carbocycles. The second-order valence-corrected chi connectivity index (χ2v) is 6.90. The summed E-state index contributed by atoms with van der Waals surface area (Å²) in [6, 6.07) is 13.3. The van der Waals surface area contributed by atoms with Crippen molar-refractivity contribution in [1.82, 2.24) is 9.78 Å². The number of benzene rings is 2. The Hall–Kier alpha value is -2.93. The number of aromatic nitrogens is 2. The first-order valence-electron chi connectivity index (χ1n) is 8.70. The zero-order valence-corrected chi connectivity index (χ0v) is 16.0. The SMILES string of the molecule is CC(C(=O)Cc1ccc(C(F)(F)F)cc1)n1nc(-c2ccccc2Cl)ccc1=O. The van der Waals surface area contributed by atoms with Gasteiger partial charge in [0.1, 0.15) is 6.04 Å². The summed E-state index contributed by atoms with van der Waals surface area (Å²) in [4.78, 5) is 24.8. The third kappa shape index (κ3) is 4.74. The van der Waals surface area contributed by atoms with Crippen LogP contribution in [0.5, 0.6) is 0 Å². The maximum absolute atomic E-state index is 12.7. The molecule has 150 valence electrons. The van der Waals surface area contributed by atoms with Crippen LogP contribution in [0.1, 0.15) is 24.1 Å². The van der Waals surface area contributed by atoms with Crippen LogP contribution in [-0.2, 0) is 17.4 Å². The molecule has 0 saturated heterocycles. The molecule has 0 fully saturated rings. The van der Waals surface area contributed by atoms with Crippen molar-refractivity contribution in [2.75, 3.05) is 0 Å². The predicted octanol–water partition coefficient (Wildman–Crippen LogP) is 4.96. The topological polar surface area (TPSA) is 52.0 Å².